The Morgan fingerprint density at radius 2 is 2.00 bits per heavy atom. The lowest BCUT2D eigenvalue weighted by atomic mass is 10.0. The highest BCUT2D eigenvalue weighted by molar-refractivity contribution is 5.71. The van der Waals surface area contributed by atoms with Gasteiger partial charge in [-0.3, -0.25) is 0 Å². The number of aryl methyl sites for hydroxylation is 1. The third-order valence-corrected chi connectivity index (χ3v) is 3.02. The molecular weight excluding hydrogens is 206 g/mol. The molecule has 4 nitrogen and oxygen atoms in total. The number of ether oxygens (including phenoxy) is 2. The van der Waals surface area contributed by atoms with Crippen molar-refractivity contribution in [2.45, 2.75) is 18.8 Å². The highest BCUT2D eigenvalue weighted by atomic mass is 16.5. The number of hydrogen-bond acceptors (Lipinski definition) is 4. The van der Waals surface area contributed by atoms with Gasteiger partial charge < -0.3 is 14.7 Å². The summed E-state index contributed by atoms with van der Waals surface area (Å²) in [7, 11) is 3.25. The van der Waals surface area contributed by atoms with Crippen molar-refractivity contribution < 1.29 is 14.7 Å². The Hall–Kier alpha value is -1.71. The minimum absolute atomic E-state index is 0.180. The van der Waals surface area contributed by atoms with Crippen LogP contribution in [0.1, 0.15) is 23.5 Å². The first-order chi connectivity index (χ1) is 7.80. The number of nitrogens with zero attached hydrogens (tertiary/aromatic N) is 1. The molecule has 0 bridgehead atoms. The molecular formula is C12H15NO3. The Labute approximate surface area is 94.5 Å². The first kappa shape index (κ1) is 10.8. The van der Waals surface area contributed by atoms with Gasteiger partial charge in [-0.05, 0) is 36.1 Å². The summed E-state index contributed by atoms with van der Waals surface area (Å²) in [5.74, 6) is 1.65. The summed E-state index contributed by atoms with van der Waals surface area (Å²) in [6.45, 7) is 0. The lowest BCUT2D eigenvalue weighted by Gasteiger charge is -2.11. The van der Waals surface area contributed by atoms with Gasteiger partial charge in [0.1, 0.15) is 0 Å². The van der Waals surface area contributed by atoms with Crippen LogP contribution in [0, 0.1) is 0 Å². The van der Waals surface area contributed by atoms with E-state index in [1.807, 2.05) is 12.1 Å². The average molecular weight is 221 g/mol. The van der Waals surface area contributed by atoms with Crippen LogP contribution in [0.5, 0.6) is 11.5 Å². The Balaban J connectivity index is 2.44. The predicted octanol–water partition coefficient (Wildman–Crippen LogP) is 2.19. The van der Waals surface area contributed by atoms with Gasteiger partial charge in [0.05, 0.1) is 20.4 Å². The van der Waals surface area contributed by atoms with Crippen molar-refractivity contribution in [2.24, 2.45) is 5.16 Å². The second-order valence-electron chi connectivity index (χ2n) is 3.82. The molecule has 0 radical (unpaired) electrons. The quantitative estimate of drug-likeness (QED) is 0.483. The number of fused-ring (bicyclic) bond motifs is 1. The molecule has 1 unspecified atom stereocenters. The van der Waals surface area contributed by atoms with Crippen molar-refractivity contribution in [1.29, 1.82) is 0 Å². The zero-order valence-corrected chi connectivity index (χ0v) is 9.43. The fourth-order valence-electron chi connectivity index (χ4n) is 2.20. The van der Waals surface area contributed by atoms with Crippen molar-refractivity contribution in [3.8, 4) is 11.5 Å². The van der Waals surface area contributed by atoms with Crippen LogP contribution in [0.3, 0.4) is 0 Å². The normalized spacial score (nSPS) is 18.8. The lowest BCUT2D eigenvalue weighted by Crippen LogP contribution is -1.97. The van der Waals surface area contributed by atoms with Crippen molar-refractivity contribution in [3.63, 3.8) is 0 Å². The summed E-state index contributed by atoms with van der Waals surface area (Å²) in [6.07, 6.45) is 3.51. The van der Waals surface area contributed by atoms with Gasteiger partial charge in [-0.2, -0.15) is 0 Å². The Kier molecular flexibility index (Phi) is 2.99. The van der Waals surface area contributed by atoms with Gasteiger partial charge in [-0.25, -0.2) is 0 Å². The second-order valence-corrected chi connectivity index (χ2v) is 3.82. The van der Waals surface area contributed by atoms with Gasteiger partial charge in [0, 0.05) is 5.92 Å². The van der Waals surface area contributed by atoms with Gasteiger partial charge in [-0.1, -0.05) is 0 Å². The van der Waals surface area contributed by atoms with Crippen LogP contribution < -0.4 is 9.47 Å². The summed E-state index contributed by atoms with van der Waals surface area (Å²) >= 11 is 0. The van der Waals surface area contributed by atoms with Crippen LogP contribution in [0.25, 0.3) is 0 Å². The molecule has 0 amide bonds. The zero-order valence-electron chi connectivity index (χ0n) is 9.43. The van der Waals surface area contributed by atoms with E-state index in [0.717, 1.165) is 29.9 Å². The molecule has 0 saturated carbocycles. The van der Waals surface area contributed by atoms with E-state index in [2.05, 4.69) is 5.16 Å². The van der Waals surface area contributed by atoms with E-state index < -0.39 is 0 Å². The topological polar surface area (TPSA) is 51.0 Å². The molecule has 1 aromatic rings. The number of methoxy groups -OCH3 is 2. The standard InChI is InChI=1S/C12H15NO3/c1-15-11-5-8-3-4-9(7-13-14)10(8)6-12(11)16-2/h5-7,9,14H,3-4H2,1-2H3. The van der Waals surface area contributed by atoms with Crippen LogP contribution in [0.2, 0.25) is 0 Å². The molecule has 0 saturated heterocycles. The van der Waals surface area contributed by atoms with Gasteiger partial charge in [0.15, 0.2) is 11.5 Å². The van der Waals surface area contributed by atoms with E-state index >= 15 is 0 Å². The number of benzene rings is 1. The maximum Gasteiger partial charge on any atom is 0.161 e. The smallest absolute Gasteiger partial charge is 0.161 e. The SMILES string of the molecule is COc1cc2c(cc1OC)C(C=NO)CC2. The maximum atomic E-state index is 8.59. The summed E-state index contributed by atoms with van der Waals surface area (Å²) in [5.41, 5.74) is 2.40. The highest BCUT2D eigenvalue weighted by Crippen LogP contribution is 2.39. The van der Waals surface area contributed by atoms with Crippen molar-refractivity contribution >= 4 is 6.21 Å². The molecule has 0 fully saturated rings. The fourth-order valence-corrected chi connectivity index (χ4v) is 2.20. The molecule has 0 aliphatic heterocycles. The first-order valence-corrected chi connectivity index (χ1v) is 5.22. The predicted molar refractivity (Wildman–Crippen MR) is 60.9 cm³/mol. The molecule has 86 valence electrons. The summed E-state index contributed by atoms with van der Waals surface area (Å²) < 4.78 is 10.5. The Morgan fingerprint density at radius 3 is 2.62 bits per heavy atom. The maximum absolute atomic E-state index is 8.59. The Bertz CT molecular complexity index is 415. The molecule has 1 aromatic carbocycles. The van der Waals surface area contributed by atoms with E-state index in [-0.39, 0.29) is 5.92 Å². The monoisotopic (exact) mass is 221 g/mol. The zero-order chi connectivity index (χ0) is 11.5. The third kappa shape index (κ3) is 1.71. The molecule has 0 spiro atoms. The Morgan fingerprint density at radius 1 is 1.31 bits per heavy atom. The van der Waals surface area contributed by atoms with E-state index in [0.29, 0.717) is 0 Å². The largest absolute Gasteiger partial charge is 0.493 e. The van der Waals surface area contributed by atoms with Crippen LogP contribution in [0.15, 0.2) is 17.3 Å². The number of hydrogen-bond donors (Lipinski definition) is 1. The van der Waals surface area contributed by atoms with Gasteiger partial charge in [0.25, 0.3) is 0 Å². The van der Waals surface area contributed by atoms with Gasteiger partial charge >= 0.3 is 0 Å². The number of oxime groups is 1. The molecule has 4 heteroatoms. The molecule has 1 atom stereocenters. The van der Waals surface area contributed by atoms with Crippen molar-refractivity contribution in [1.82, 2.24) is 0 Å². The highest BCUT2D eigenvalue weighted by Gasteiger charge is 2.23. The minimum atomic E-state index is 0.180. The second kappa shape index (κ2) is 4.43. The summed E-state index contributed by atoms with van der Waals surface area (Å²) in [6, 6.07) is 3.97. The average Bonchev–Trinajstić information content (AvgIpc) is 2.70. The number of rotatable bonds is 3. The van der Waals surface area contributed by atoms with Crippen LogP contribution >= 0.6 is 0 Å². The third-order valence-electron chi connectivity index (χ3n) is 3.02. The van der Waals surface area contributed by atoms with Crippen LogP contribution in [-0.2, 0) is 6.42 Å². The van der Waals surface area contributed by atoms with E-state index in [1.165, 1.54) is 5.56 Å². The van der Waals surface area contributed by atoms with E-state index in [4.69, 9.17) is 14.7 Å². The van der Waals surface area contributed by atoms with Gasteiger partial charge in [-0.15, -0.1) is 5.16 Å². The first-order valence-electron chi connectivity index (χ1n) is 5.22. The van der Waals surface area contributed by atoms with E-state index in [1.54, 1.807) is 20.4 Å². The molecule has 1 aliphatic rings. The molecule has 1 N–H and O–H groups in total. The molecule has 16 heavy (non-hydrogen) atoms. The fraction of sp³-hybridized carbons (Fsp3) is 0.417. The van der Waals surface area contributed by atoms with E-state index in [9.17, 15) is 0 Å². The molecule has 2 rings (SSSR count). The minimum Gasteiger partial charge on any atom is -0.493 e. The molecule has 0 aromatic heterocycles. The summed E-state index contributed by atoms with van der Waals surface area (Å²) in [5, 5.41) is 11.7. The van der Waals surface area contributed by atoms with Crippen LogP contribution in [0.4, 0.5) is 0 Å². The van der Waals surface area contributed by atoms with Crippen molar-refractivity contribution in [3.05, 3.63) is 23.3 Å². The molecule has 0 heterocycles. The van der Waals surface area contributed by atoms with Crippen LogP contribution in [-0.4, -0.2) is 25.6 Å². The van der Waals surface area contributed by atoms with Gasteiger partial charge in [0.2, 0.25) is 0 Å². The van der Waals surface area contributed by atoms with Crippen molar-refractivity contribution in [2.75, 3.05) is 14.2 Å². The molecule has 1 aliphatic carbocycles. The lowest BCUT2D eigenvalue weighted by molar-refractivity contribution is 0.319. The summed E-state index contributed by atoms with van der Waals surface area (Å²) in [4.78, 5) is 0.